The van der Waals surface area contributed by atoms with Crippen molar-refractivity contribution in [2.75, 3.05) is 13.7 Å². The number of benzene rings is 1. The molecule has 2 rings (SSSR count). The van der Waals surface area contributed by atoms with Gasteiger partial charge >= 0.3 is 0 Å². The highest BCUT2D eigenvalue weighted by molar-refractivity contribution is 7.11. The van der Waals surface area contributed by atoms with Gasteiger partial charge in [0, 0.05) is 6.42 Å². The van der Waals surface area contributed by atoms with Gasteiger partial charge in [0.05, 0.1) is 12.6 Å². The summed E-state index contributed by atoms with van der Waals surface area (Å²) in [5.74, 6) is 0.910. The van der Waals surface area contributed by atoms with E-state index in [9.17, 15) is 0 Å². The summed E-state index contributed by atoms with van der Waals surface area (Å²) in [6.07, 6.45) is 0.794. The third kappa shape index (κ3) is 4.01. The average Bonchev–Trinajstić information content (AvgIpc) is 2.87. The Morgan fingerprint density at radius 2 is 2.21 bits per heavy atom. The van der Waals surface area contributed by atoms with Gasteiger partial charge in [0.15, 0.2) is 0 Å². The van der Waals surface area contributed by atoms with Crippen LogP contribution in [0.3, 0.4) is 0 Å². The molecule has 2 aromatic rings. The maximum absolute atomic E-state index is 5.71. The van der Waals surface area contributed by atoms with Gasteiger partial charge in [-0.25, -0.2) is 0 Å². The first-order valence-electron chi connectivity index (χ1n) is 6.38. The summed E-state index contributed by atoms with van der Waals surface area (Å²) in [5.41, 5.74) is 1.21. The second kappa shape index (κ2) is 6.63. The van der Waals surface area contributed by atoms with Crippen LogP contribution in [0, 0.1) is 6.92 Å². The third-order valence-electron chi connectivity index (χ3n) is 2.86. The molecular formula is C14H19N3OS. The number of nitrogens with one attached hydrogen (secondary N) is 1. The number of hydrogen-bond acceptors (Lipinski definition) is 5. The van der Waals surface area contributed by atoms with Crippen LogP contribution in [0.15, 0.2) is 24.3 Å². The predicted octanol–water partition coefficient (Wildman–Crippen LogP) is 2.75. The molecule has 19 heavy (non-hydrogen) atoms. The zero-order chi connectivity index (χ0) is 13.7. The quantitative estimate of drug-likeness (QED) is 0.882. The second-order valence-electron chi connectivity index (χ2n) is 4.46. The van der Waals surface area contributed by atoms with Crippen molar-refractivity contribution in [2.45, 2.75) is 26.3 Å². The fourth-order valence-corrected chi connectivity index (χ4v) is 2.51. The van der Waals surface area contributed by atoms with Crippen molar-refractivity contribution in [3.63, 3.8) is 0 Å². The molecule has 4 nitrogen and oxygen atoms in total. The number of aryl methyl sites for hydroxylation is 1. The van der Waals surface area contributed by atoms with E-state index in [-0.39, 0.29) is 6.04 Å². The summed E-state index contributed by atoms with van der Waals surface area (Å²) in [5, 5.41) is 13.6. The Morgan fingerprint density at radius 1 is 1.37 bits per heavy atom. The number of hydrogen-bond donors (Lipinski definition) is 1. The van der Waals surface area contributed by atoms with E-state index >= 15 is 0 Å². The molecule has 0 aliphatic heterocycles. The maximum atomic E-state index is 5.71. The van der Waals surface area contributed by atoms with E-state index in [1.807, 2.05) is 25.2 Å². The van der Waals surface area contributed by atoms with E-state index < -0.39 is 0 Å². The Kier molecular flexibility index (Phi) is 4.87. The molecule has 1 heterocycles. The Morgan fingerprint density at radius 3 is 2.95 bits per heavy atom. The predicted molar refractivity (Wildman–Crippen MR) is 77.8 cm³/mol. The Labute approximate surface area is 117 Å². The lowest BCUT2D eigenvalue weighted by atomic mass is 10.2. The highest BCUT2D eigenvalue weighted by atomic mass is 32.1. The molecular weight excluding hydrogens is 258 g/mol. The van der Waals surface area contributed by atoms with E-state index in [0.29, 0.717) is 6.61 Å². The van der Waals surface area contributed by atoms with Crippen LogP contribution < -0.4 is 10.1 Å². The van der Waals surface area contributed by atoms with Crippen LogP contribution in [0.25, 0.3) is 0 Å². The fourth-order valence-electron chi connectivity index (χ4n) is 1.63. The maximum Gasteiger partial charge on any atom is 0.134 e. The van der Waals surface area contributed by atoms with Crippen molar-refractivity contribution in [1.29, 1.82) is 0 Å². The summed E-state index contributed by atoms with van der Waals surface area (Å²) in [6, 6.07) is 8.32. The van der Waals surface area contributed by atoms with Crippen molar-refractivity contribution < 1.29 is 4.74 Å². The highest BCUT2D eigenvalue weighted by Gasteiger charge is 2.09. The first-order chi connectivity index (χ1) is 9.19. The molecule has 0 saturated heterocycles. The minimum absolute atomic E-state index is 0.254. The Balaban J connectivity index is 1.84. The summed E-state index contributed by atoms with van der Waals surface area (Å²) in [6.45, 7) is 4.77. The van der Waals surface area contributed by atoms with Crippen molar-refractivity contribution in [3.05, 3.63) is 39.8 Å². The summed E-state index contributed by atoms with van der Waals surface area (Å²) >= 11 is 1.64. The summed E-state index contributed by atoms with van der Waals surface area (Å²) in [4.78, 5) is 0. The molecule has 0 fully saturated rings. The molecule has 0 aliphatic carbocycles. The van der Waals surface area contributed by atoms with Crippen LogP contribution in [-0.2, 0) is 6.42 Å². The Hall–Kier alpha value is -1.46. The first-order valence-corrected chi connectivity index (χ1v) is 7.19. The number of rotatable bonds is 6. The lowest BCUT2D eigenvalue weighted by Gasteiger charge is -2.05. The van der Waals surface area contributed by atoms with Gasteiger partial charge < -0.3 is 10.1 Å². The SMILES string of the molecule is CNC(C)c1nnc(CCOc2cccc(C)c2)s1. The van der Waals surface area contributed by atoms with Crippen LogP contribution in [-0.4, -0.2) is 23.9 Å². The van der Waals surface area contributed by atoms with Crippen molar-refractivity contribution in [2.24, 2.45) is 0 Å². The van der Waals surface area contributed by atoms with E-state index in [2.05, 4.69) is 35.4 Å². The zero-order valence-corrected chi connectivity index (χ0v) is 12.3. The van der Waals surface area contributed by atoms with E-state index in [4.69, 9.17) is 4.74 Å². The molecule has 102 valence electrons. The van der Waals surface area contributed by atoms with Gasteiger partial charge in [-0.2, -0.15) is 0 Å². The Bertz CT molecular complexity index is 527. The molecule has 0 spiro atoms. The monoisotopic (exact) mass is 277 g/mol. The minimum atomic E-state index is 0.254. The molecule has 1 atom stereocenters. The number of aromatic nitrogens is 2. The molecule has 0 aliphatic rings. The molecule has 1 N–H and O–H groups in total. The molecule has 0 saturated carbocycles. The zero-order valence-electron chi connectivity index (χ0n) is 11.5. The standard InChI is InChI=1S/C14H19N3OS/c1-10-5-4-6-12(9-10)18-8-7-13-16-17-14(19-13)11(2)15-3/h4-6,9,11,15H,7-8H2,1-3H3. The van der Waals surface area contributed by atoms with Gasteiger partial charge in [0.25, 0.3) is 0 Å². The average molecular weight is 277 g/mol. The first kappa shape index (κ1) is 14.0. The fraction of sp³-hybridized carbons (Fsp3) is 0.429. The highest BCUT2D eigenvalue weighted by Crippen LogP contribution is 2.18. The lowest BCUT2D eigenvalue weighted by molar-refractivity contribution is 0.321. The molecule has 0 amide bonds. The normalized spacial score (nSPS) is 12.4. The molecule has 1 aromatic carbocycles. The molecule has 1 aromatic heterocycles. The number of nitrogens with zero attached hydrogens (tertiary/aromatic N) is 2. The molecule has 0 radical (unpaired) electrons. The van der Waals surface area contributed by atoms with Crippen LogP contribution in [0.4, 0.5) is 0 Å². The van der Waals surface area contributed by atoms with Crippen molar-refractivity contribution in [1.82, 2.24) is 15.5 Å². The van der Waals surface area contributed by atoms with E-state index in [1.54, 1.807) is 11.3 Å². The van der Waals surface area contributed by atoms with Gasteiger partial charge in [0.2, 0.25) is 0 Å². The summed E-state index contributed by atoms with van der Waals surface area (Å²) < 4.78 is 5.71. The third-order valence-corrected chi connectivity index (χ3v) is 4.03. The second-order valence-corrected chi connectivity index (χ2v) is 5.55. The van der Waals surface area contributed by atoms with Gasteiger partial charge in [-0.3, -0.25) is 0 Å². The van der Waals surface area contributed by atoms with Crippen LogP contribution >= 0.6 is 11.3 Å². The molecule has 1 unspecified atom stereocenters. The lowest BCUT2D eigenvalue weighted by Crippen LogP contribution is -2.11. The van der Waals surface area contributed by atoms with Crippen LogP contribution in [0.1, 0.15) is 28.5 Å². The minimum Gasteiger partial charge on any atom is -0.493 e. The van der Waals surface area contributed by atoms with Crippen LogP contribution in [0.2, 0.25) is 0 Å². The topological polar surface area (TPSA) is 47.0 Å². The number of ether oxygens (including phenoxy) is 1. The molecule has 0 bridgehead atoms. The van der Waals surface area contributed by atoms with Gasteiger partial charge in [-0.05, 0) is 38.6 Å². The van der Waals surface area contributed by atoms with Crippen LogP contribution in [0.5, 0.6) is 5.75 Å². The van der Waals surface area contributed by atoms with E-state index in [1.165, 1.54) is 5.56 Å². The van der Waals surface area contributed by atoms with Gasteiger partial charge in [0.1, 0.15) is 15.8 Å². The summed E-state index contributed by atoms with van der Waals surface area (Å²) in [7, 11) is 1.92. The van der Waals surface area contributed by atoms with E-state index in [0.717, 1.165) is 22.2 Å². The van der Waals surface area contributed by atoms with Crippen molar-refractivity contribution in [3.8, 4) is 5.75 Å². The molecule has 5 heteroatoms. The smallest absolute Gasteiger partial charge is 0.134 e. The largest absolute Gasteiger partial charge is 0.493 e. The van der Waals surface area contributed by atoms with Gasteiger partial charge in [-0.1, -0.05) is 23.5 Å². The van der Waals surface area contributed by atoms with Gasteiger partial charge in [-0.15, -0.1) is 10.2 Å². The van der Waals surface area contributed by atoms with Crippen molar-refractivity contribution >= 4 is 11.3 Å².